The Morgan fingerprint density at radius 2 is 2.12 bits per heavy atom. The third-order valence-electron chi connectivity index (χ3n) is 2.15. The molecule has 4 nitrogen and oxygen atoms in total. The SMILES string of the molecule is Cc1ccc(CNCc2cnc(N)s2)nc1. The molecule has 0 fully saturated rings. The molecule has 0 aliphatic heterocycles. The number of hydrogen-bond donors (Lipinski definition) is 2. The quantitative estimate of drug-likeness (QED) is 0.845. The van der Waals surface area contributed by atoms with Crippen molar-refractivity contribution in [3.63, 3.8) is 0 Å². The fourth-order valence-corrected chi connectivity index (χ4v) is 1.97. The van der Waals surface area contributed by atoms with E-state index in [1.807, 2.05) is 19.2 Å². The first kappa shape index (κ1) is 11.0. The Hall–Kier alpha value is -1.46. The first-order valence-electron chi connectivity index (χ1n) is 5.06. The van der Waals surface area contributed by atoms with Gasteiger partial charge in [0.25, 0.3) is 0 Å². The van der Waals surface area contributed by atoms with Gasteiger partial charge in [0.15, 0.2) is 5.13 Å². The fourth-order valence-electron chi connectivity index (χ4n) is 1.32. The maximum Gasteiger partial charge on any atom is 0.180 e. The van der Waals surface area contributed by atoms with Gasteiger partial charge < -0.3 is 11.1 Å². The van der Waals surface area contributed by atoms with Crippen LogP contribution in [0.3, 0.4) is 0 Å². The van der Waals surface area contributed by atoms with Crippen molar-refractivity contribution in [2.24, 2.45) is 0 Å². The molecule has 0 radical (unpaired) electrons. The lowest BCUT2D eigenvalue weighted by molar-refractivity contribution is 0.685. The predicted octanol–water partition coefficient (Wildman–Crippen LogP) is 1.72. The van der Waals surface area contributed by atoms with Crippen LogP contribution in [0.25, 0.3) is 0 Å². The minimum atomic E-state index is 0.616. The topological polar surface area (TPSA) is 63.8 Å². The summed E-state index contributed by atoms with van der Waals surface area (Å²) in [6, 6.07) is 4.10. The number of nitrogen functional groups attached to an aromatic ring is 1. The third kappa shape index (κ3) is 3.01. The Morgan fingerprint density at radius 1 is 1.25 bits per heavy atom. The van der Waals surface area contributed by atoms with Crippen LogP contribution >= 0.6 is 11.3 Å². The molecular weight excluding hydrogens is 220 g/mol. The molecule has 0 amide bonds. The minimum Gasteiger partial charge on any atom is -0.375 e. The highest BCUT2D eigenvalue weighted by Crippen LogP contribution is 2.13. The highest BCUT2D eigenvalue weighted by molar-refractivity contribution is 7.15. The van der Waals surface area contributed by atoms with E-state index in [1.54, 1.807) is 6.20 Å². The first-order chi connectivity index (χ1) is 7.74. The molecule has 0 saturated heterocycles. The molecule has 0 aliphatic rings. The van der Waals surface area contributed by atoms with Gasteiger partial charge in [-0.1, -0.05) is 6.07 Å². The largest absolute Gasteiger partial charge is 0.375 e. The van der Waals surface area contributed by atoms with Gasteiger partial charge >= 0.3 is 0 Å². The van der Waals surface area contributed by atoms with Crippen molar-refractivity contribution in [2.75, 3.05) is 5.73 Å². The molecule has 16 heavy (non-hydrogen) atoms. The summed E-state index contributed by atoms with van der Waals surface area (Å²) < 4.78 is 0. The van der Waals surface area contributed by atoms with Crippen molar-refractivity contribution in [3.05, 3.63) is 40.7 Å². The van der Waals surface area contributed by atoms with Gasteiger partial charge in [0, 0.05) is 30.4 Å². The van der Waals surface area contributed by atoms with E-state index < -0.39 is 0 Å². The lowest BCUT2D eigenvalue weighted by Crippen LogP contribution is -2.12. The molecule has 0 aliphatic carbocycles. The highest BCUT2D eigenvalue weighted by atomic mass is 32.1. The summed E-state index contributed by atoms with van der Waals surface area (Å²) in [6.45, 7) is 3.58. The smallest absolute Gasteiger partial charge is 0.180 e. The molecule has 2 heterocycles. The molecule has 0 atom stereocenters. The molecule has 0 bridgehead atoms. The number of nitrogens with one attached hydrogen (secondary N) is 1. The Morgan fingerprint density at radius 3 is 2.75 bits per heavy atom. The number of rotatable bonds is 4. The number of aromatic nitrogens is 2. The van der Waals surface area contributed by atoms with E-state index in [0.717, 1.165) is 23.7 Å². The van der Waals surface area contributed by atoms with E-state index in [1.165, 1.54) is 16.9 Å². The Bertz CT molecular complexity index is 449. The van der Waals surface area contributed by atoms with Gasteiger partial charge in [-0.3, -0.25) is 4.98 Å². The van der Waals surface area contributed by atoms with Crippen LogP contribution in [0, 0.1) is 6.92 Å². The zero-order valence-electron chi connectivity index (χ0n) is 9.10. The maximum absolute atomic E-state index is 5.55. The van der Waals surface area contributed by atoms with E-state index in [-0.39, 0.29) is 0 Å². The molecule has 3 N–H and O–H groups in total. The minimum absolute atomic E-state index is 0.616. The molecule has 0 saturated carbocycles. The number of anilines is 1. The van der Waals surface area contributed by atoms with Crippen LogP contribution in [0.5, 0.6) is 0 Å². The fraction of sp³-hybridized carbons (Fsp3) is 0.273. The molecule has 5 heteroatoms. The number of hydrogen-bond acceptors (Lipinski definition) is 5. The summed E-state index contributed by atoms with van der Waals surface area (Å²) in [6.07, 6.45) is 3.68. The monoisotopic (exact) mass is 234 g/mol. The van der Waals surface area contributed by atoms with Gasteiger partial charge in [0.05, 0.1) is 5.69 Å². The average molecular weight is 234 g/mol. The maximum atomic E-state index is 5.55. The Kier molecular flexibility index (Phi) is 3.48. The molecular formula is C11H14N4S. The molecule has 0 spiro atoms. The zero-order chi connectivity index (χ0) is 11.4. The van der Waals surface area contributed by atoms with Gasteiger partial charge in [-0.25, -0.2) is 4.98 Å². The Labute approximate surface area is 98.6 Å². The van der Waals surface area contributed by atoms with Crippen molar-refractivity contribution in [1.82, 2.24) is 15.3 Å². The number of aryl methyl sites for hydroxylation is 1. The molecule has 2 aromatic rings. The van der Waals surface area contributed by atoms with Gasteiger partial charge in [-0.15, -0.1) is 11.3 Å². The summed E-state index contributed by atoms with van der Waals surface area (Å²) in [7, 11) is 0. The van der Waals surface area contributed by atoms with Crippen LogP contribution in [0.15, 0.2) is 24.5 Å². The first-order valence-corrected chi connectivity index (χ1v) is 5.88. The second-order valence-corrected chi connectivity index (χ2v) is 4.74. The van der Waals surface area contributed by atoms with Crippen LogP contribution in [-0.4, -0.2) is 9.97 Å². The summed E-state index contributed by atoms with van der Waals surface area (Å²) in [5.74, 6) is 0. The molecule has 0 aromatic carbocycles. The summed E-state index contributed by atoms with van der Waals surface area (Å²) in [5, 5.41) is 3.92. The van der Waals surface area contributed by atoms with E-state index in [0.29, 0.717) is 5.13 Å². The van der Waals surface area contributed by atoms with Crippen molar-refractivity contribution in [1.29, 1.82) is 0 Å². The van der Waals surface area contributed by atoms with E-state index in [9.17, 15) is 0 Å². The second-order valence-electron chi connectivity index (χ2n) is 3.60. The molecule has 2 rings (SSSR count). The average Bonchev–Trinajstić information content (AvgIpc) is 2.67. The lowest BCUT2D eigenvalue weighted by Gasteiger charge is -2.02. The summed E-state index contributed by atoms with van der Waals surface area (Å²) >= 11 is 1.51. The lowest BCUT2D eigenvalue weighted by atomic mass is 10.3. The van der Waals surface area contributed by atoms with Crippen molar-refractivity contribution in [2.45, 2.75) is 20.0 Å². The second kappa shape index (κ2) is 5.05. The standard InChI is InChI=1S/C11H14N4S/c1-8-2-3-9(14-4-8)5-13-6-10-7-15-11(12)16-10/h2-4,7,13H,5-6H2,1H3,(H2,12,15). The number of nitrogens with two attached hydrogens (primary N) is 1. The number of pyridine rings is 1. The number of thiazole rings is 1. The van der Waals surface area contributed by atoms with Crippen molar-refractivity contribution >= 4 is 16.5 Å². The third-order valence-corrected chi connectivity index (χ3v) is 2.98. The van der Waals surface area contributed by atoms with E-state index >= 15 is 0 Å². The van der Waals surface area contributed by atoms with Gasteiger partial charge in [-0.2, -0.15) is 0 Å². The van der Waals surface area contributed by atoms with Gasteiger partial charge in [0.1, 0.15) is 0 Å². The van der Waals surface area contributed by atoms with Crippen molar-refractivity contribution < 1.29 is 0 Å². The highest BCUT2D eigenvalue weighted by Gasteiger charge is 1.98. The van der Waals surface area contributed by atoms with E-state index in [2.05, 4.69) is 21.4 Å². The van der Waals surface area contributed by atoms with Crippen LogP contribution < -0.4 is 11.1 Å². The summed E-state index contributed by atoms with van der Waals surface area (Å²) in [5.41, 5.74) is 7.77. The molecule has 2 aromatic heterocycles. The van der Waals surface area contributed by atoms with Gasteiger partial charge in [0.2, 0.25) is 0 Å². The number of nitrogens with zero attached hydrogens (tertiary/aromatic N) is 2. The van der Waals surface area contributed by atoms with Crippen molar-refractivity contribution in [3.8, 4) is 0 Å². The van der Waals surface area contributed by atoms with Crippen LogP contribution in [0.4, 0.5) is 5.13 Å². The molecule has 84 valence electrons. The molecule has 0 unspecified atom stereocenters. The Balaban J connectivity index is 1.82. The van der Waals surface area contributed by atoms with Crippen LogP contribution in [0.1, 0.15) is 16.1 Å². The van der Waals surface area contributed by atoms with Crippen LogP contribution in [-0.2, 0) is 13.1 Å². The summed E-state index contributed by atoms with van der Waals surface area (Å²) in [4.78, 5) is 9.45. The van der Waals surface area contributed by atoms with Gasteiger partial charge in [-0.05, 0) is 18.6 Å². The van der Waals surface area contributed by atoms with Crippen LogP contribution in [0.2, 0.25) is 0 Å². The normalized spacial score (nSPS) is 10.6. The predicted molar refractivity (Wildman–Crippen MR) is 66.0 cm³/mol. The van der Waals surface area contributed by atoms with E-state index in [4.69, 9.17) is 5.73 Å². The zero-order valence-corrected chi connectivity index (χ0v) is 9.92.